The number of cyclic esters (lactones) is 2. The van der Waals surface area contributed by atoms with E-state index in [0.29, 0.717) is 24.2 Å². The van der Waals surface area contributed by atoms with Crippen LogP contribution in [0.25, 0.3) is 0 Å². The van der Waals surface area contributed by atoms with Crippen LogP contribution < -0.4 is 0 Å². The van der Waals surface area contributed by atoms with Crippen LogP contribution >= 0.6 is 0 Å². The van der Waals surface area contributed by atoms with Gasteiger partial charge in [-0.3, -0.25) is 14.4 Å². The molecule has 2 saturated heterocycles. The summed E-state index contributed by atoms with van der Waals surface area (Å²) < 4.78 is 17.9. The maximum absolute atomic E-state index is 12.9. The number of carbonyl (C=O) groups excluding carboxylic acids is 3. The Morgan fingerprint density at radius 1 is 0.800 bits per heavy atom. The number of fused-ring (bicyclic) bond motifs is 5. The summed E-state index contributed by atoms with van der Waals surface area (Å²) in [5.74, 6) is 0.677. The van der Waals surface area contributed by atoms with E-state index in [0.717, 1.165) is 44.9 Å². The highest BCUT2D eigenvalue weighted by Gasteiger charge is 2.71. The molecule has 0 spiro atoms. The second-order valence-electron chi connectivity index (χ2n) is 13.8. The fourth-order valence-corrected chi connectivity index (χ4v) is 10.4. The summed E-state index contributed by atoms with van der Waals surface area (Å²) in [5, 5.41) is 0. The first-order valence-electron chi connectivity index (χ1n) is 13.8. The van der Waals surface area contributed by atoms with Crippen LogP contribution in [0, 0.1) is 39.9 Å². The van der Waals surface area contributed by atoms with Gasteiger partial charge in [0.2, 0.25) is 0 Å². The third-order valence-corrected chi connectivity index (χ3v) is 12.1. The Morgan fingerprint density at radius 3 is 2.11 bits per heavy atom. The van der Waals surface area contributed by atoms with Gasteiger partial charge in [0.1, 0.15) is 17.3 Å². The van der Waals surface area contributed by atoms with E-state index < -0.39 is 11.7 Å². The van der Waals surface area contributed by atoms with Crippen molar-refractivity contribution in [2.24, 2.45) is 39.9 Å². The van der Waals surface area contributed by atoms with Crippen molar-refractivity contribution in [3.63, 3.8) is 0 Å². The van der Waals surface area contributed by atoms with Gasteiger partial charge in [0.15, 0.2) is 0 Å². The average molecular weight is 489 g/mol. The maximum Gasteiger partial charge on any atom is 0.310 e. The van der Waals surface area contributed by atoms with Crippen LogP contribution in [0.15, 0.2) is 0 Å². The molecule has 5 rings (SSSR count). The molecule has 0 radical (unpaired) electrons. The molecular weight excluding hydrogens is 444 g/mol. The van der Waals surface area contributed by atoms with Gasteiger partial charge in [-0.25, -0.2) is 0 Å². The molecular formula is C29H44O6. The molecule has 2 heterocycles. The maximum atomic E-state index is 12.9. The Kier molecular flexibility index (Phi) is 5.52. The van der Waals surface area contributed by atoms with Crippen LogP contribution in [0.3, 0.4) is 0 Å². The summed E-state index contributed by atoms with van der Waals surface area (Å²) >= 11 is 0. The van der Waals surface area contributed by atoms with Crippen molar-refractivity contribution in [1.29, 1.82) is 0 Å². The lowest BCUT2D eigenvalue weighted by Gasteiger charge is -2.68. The lowest BCUT2D eigenvalue weighted by Crippen LogP contribution is -2.65. The van der Waals surface area contributed by atoms with Crippen molar-refractivity contribution < 1.29 is 28.6 Å². The fraction of sp³-hybridized carbons (Fsp3) is 0.897. The molecule has 196 valence electrons. The molecule has 0 bridgehead atoms. The van der Waals surface area contributed by atoms with Crippen LogP contribution in [0.4, 0.5) is 0 Å². The van der Waals surface area contributed by atoms with E-state index in [9.17, 15) is 14.4 Å². The molecule has 0 unspecified atom stereocenters. The molecule has 0 aromatic carbocycles. The third kappa shape index (κ3) is 3.36. The van der Waals surface area contributed by atoms with Crippen molar-refractivity contribution in [2.45, 2.75) is 124 Å². The van der Waals surface area contributed by atoms with Crippen LogP contribution in [0.5, 0.6) is 0 Å². The highest BCUT2D eigenvalue weighted by atomic mass is 16.6. The minimum absolute atomic E-state index is 0.0384. The number of ether oxygens (including phenoxy) is 3. The quantitative estimate of drug-likeness (QED) is 0.372. The van der Waals surface area contributed by atoms with Crippen molar-refractivity contribution in [3.8, 4) is 0 Å². The molecule has 9 atom stereocenters. The van der Waals surface area contributed by atoms with E-state index in [4.69, 9.17) is 14.2 Å². The SMILES string of the molecule is CC(=O)O[C@@H]1CC(=O)OC(C)(C)[C@@H]2CC[C@]3(C)[C@H](CC[C@@H]4[C@@H]([C@@]5(C)CCC(=O)O5)CC[C@]43C)[C@@]12C. The number of hydrogen-bond donors (Lipinski definition) is 0. The summed E-state index contributed by atoms with van der Waals surface area (Å²) in [5.41, 5.74) is -1.17. The Bertz CT molecular complexity index is 941. The van der Waals surface area contributed by atoms with Gasteiger partial charge in [-0.15, -0.1) is 0 Å². The summed E-state index contributed by atoms with van der Waals surface area (Å²) in [6.07, 6.45) is 7.35. The highest BCUT2D eigenvalue weighted by molar-refractivity contribution is 5.73. The second kappa shape index (κ2) is 7.71. The molecule has 0 aromatic heterocycles. The Labute approximate surface area is 210 Å². The van der Waals surface area contributed by atoms with Gasteiger partial charge in [-0.1, -0.05) is 20.8 Å². The fourth-order valence-electron chi connectivity index (χ4n) is 10.4. The second-order valence-corrected chi connectivity index (χ2v) is 13.8. The minimum Gasteiger partial charge on any atom is -0.461 e. The van der Waals surface area contributed by atoms with Crippen molar-refractivity contribution in [3.05, 3.63) is 0 Å². The number of rotatable bonds is 2. The zero-order valence-corrected chi connectivity index (χ0v) is 22.7. The first-order valence-corrected chi connectivity index (χ1v) is 13.8. The van der Waals surface area contributed by atoms with Gasteiger partial charge in [-0.2, -0.15) is 0 Å². The largest absolute Gasteiger partial charge is 0.461 e. The molecule has 3 saturated carbocycles. The van der Waals surface area contributed by atoms with Crippen LogP contribution in [0.2, 0.25) is 0 Å². The van der Waals surface area contributed by atoms with Crippen LogP contribution in [-0.4, -0.2) is 35.2 Å². The third-order valence-electron chi connectivity index (χ3n) is 12.1. The van der Waals surface area contributed by atoms with Crippen molar-refractivity contribution in [1.82, 2.24) is 0 Å². The van der Waals surface area contributed by atoms with Gasteiger partial charge in [0.25, 0.3) is 0 Å². The van der Waals surface area contributed by atoms with E-state index in [1.165, 1.54) is 6.92 Å². The van der Waals surface area contributed by atoms with E-state index >= 15 is 0 Å². The number of carbonyl (C=O) groups is 3. The Hall–Kier alpha value is -1.59. The number of hydrogen-bond acceptors (Lipinski definition) is 6. The molecule has 6 nitrogen and oxygen atoms in total. The van der Waals surface area contributed by atoms with Gasteiger partial charge in [-0.05, 0) is 88.4 Å². The minimum atomic E-state index is -0.608. The normalized spacial score (nSPS) is 50.8. The molecule has 35 heavy (non-hydrogen) atoms. The lowest BCUT2D eigenvalue weighted by molar-refractivity contribution is -0.231. The molecule has 5 aliphatic rings. The van der Waals surface area contributed by atoms with Crippen molar-refractivity contribution >= 4 is 17.9 Å². The Morgan fingerprint density at radius 2 is 1.49 bits per heavy atom. The zero-order chi connectivity index (χ0) is 25.6. The molecule has 0 amide bonds. The van der Waals surface area contributed by atoms with E-state index in [-0.39, 0.29) is 52.1 Å². The molecule has 0 N–H and O–H groups in total. The Balaban J connectivity index is 1.56. The predicted molar refractivity (Wildman–Crippen MR) is 130 cm³/mol. The van der Waals surface area contributed by atoms with Gasteiger partial charge in [0.05, 0.1) is 6.42 Å². The highest BCUT2D eigenvalue weighted by Crippen LogP contribution is 2.75. The standard InChI is InChI=1S/C29H44O6/c1-17(30)33-22-16-24(32)34-25(2,3)20-11-14-27(5)21(29(20,22)7)9-8-18-19(10-13-26(18,27)4)28(6)15-12-23(31)35-28/h18-22H,8-16H2,1-7H3/t18-,19+,20+,21+,22-,26-,27-,28-,29+/m1/s1. The number of esters is 3. The molecule has 0 aromatic rings. The van der Waals surface area contributed by atoms with Gasteiger partial charge < -0.3 is 14.2 Å². The first kappa shape index (κ1) is 25.1. The summed E-state index contributed by atoms with van der Waals surface area (Å²) in [7, 11) is 0. The van der Waals surface area contributed by atoms with Crippen molar-refractivity contribution in [2.75, 3.05) is 0 Å². The van der Waals surface area contributed by atoms with Crippen LogP contribution in [0.1, 0.15) is 106 Å². The van der Waals surface area contributed by atoms with Gasteiger partial charge in [0, 0.05) is 30.6 Å². The zero-order valence-electron chi connectivity index (χ0n) is 22.7. The molecule has 2 aliphatic heterocycles. The topological polar surface area (TPSA) is 78.9 Å². The van der Waals surface area contributed by atoms with E-state index in [2.05, 4.69) is 27.7 Å². The predicted octanol–water partition coefficient (Wildman–Crippen LogP) is 5.60. The monoisotopic (exact) mass is 488 g/mol. The van der Waals surface area contributed by atoms with Crippen LogP contribution in [-0.2, 0) is 28.6 Å². The van der Waals surface area contributed by atoms with E-state index in [1.807, 2.05) is 13.8 Å². The average Bonchev–Trinajstić information content (AvgIpc) is 3.25. The summed E-state index contributed by atoms with van der Waals surface area (Å²) in [6, 6.07) is 0. The van der Waals surface area contributed by atoms with Gasteiger partial charge >= 0.3 is 17.9 Å². The lowest BCUT2D eigenvalue weighted by atomic mass is 9.37. The molecule has 3 aliphatic carbocycles. The molecule has 5 fully saturated rings. The smallest absolute Gasteiger partial charge is 0.310 e. The molecule has 6 heteroatoms. The van der Waals surface area contributed by atoms with E-state index in [1.54, 1.807) is 0 Å². The summed E-state index contributed by atoms with van der Waals surface area (Å²) in [4.78, 5) is 37.2. The first-order chi connectivity index (χ1) is 16.2. The summed E-state index contributed by atoms with van der Waals surface area (Å²) in [6.45, 7) is 14.9.